The normalized spacial score (nSPS) is 21.0. The Morgan fingerprint density at radius 3 is 2.59 bits per heavy atom. The number of amides is 1. The molecule has 1 amide bonds. The average molecular weight is 387 g/mol. The van der Waals surface area contributed by atoms with Crippen molar-refractivity contribution in [2.24, 2.45) is 0 Å². The van der Waals surface area contributed by atoms with Crippen molar-refractivity contribution < 1.29 is 9.53 Å². The molecule has 5 nitrogen and oxygen atoms in total. The maximum atomic E-state index is 11.3. The number of aryl methyl sites for hydroxylation is 1. The Kier molecular flexibility index (Phi) is 4.80. The van der Waals surface area contributed by atoms with E-state index < -0.39 is 0 Å². The lowest BCUT2D eigenvalue weighted by Crippen LogP contribution is -2.21. The molecular weight excluding hydrogens is 362 g/mol. The highest BCUT2D eigenvalue weighted by atomic mass is 16.5. The van der Waals surface area contributed by atoms with Gasteiger partial charge >= 0.3 is 0 Å². The van der Waals surface area contributed by atoms with E-state index in [-0.39, 0.29) is 6.04 Å². The molecule has 0 spiro atoms. The Labute approximate surface area is 170 Å². The van der Waals surface area contributed by atoms with E-state index in [9.17, 15) is 4.79 Å². The molecule has 1 saturated heterocycles. The van der Waals surface area contributed by atoms with Crippen LogP contribution in [0.3, 0.4) is 0 Å². The second kappa shape index (κ2) is 7.74. The molecule has 5 heteroatoms. The Bertz CT molecular complexity index is 981. The zero-order valence-electron chi connectivity index (χ0n) is 16.4. The summed E-state index contributed by atoms with van der Waals surface area (Å²) in [6, 6.07) is 18.5. The highest BCUT2D eigenvalue weighted by Crippen LogP contribution is 2.34. The lowest BCUT2D eigenvalue weighted by molar-refractivity contribution is -0.119. The molecule has 29 heavy (non-hydrogen) atoms. The minimum absolute atomic E-state index is 0.151. The Morgan fingerprint density at radius 2 is 1.79 bits per heavy atom. The van der Waals surface area contributed by atoms with E-state index in [1.807, 2.05) is 35.2 Å². The van der Waals surface area contributed by atoms with Crippen LogP contribution in [0.2, 0.25) is 0 Å². The van der Waals surface area contributed by atoms with E-state index in [0.717, 1.165) is 68.2 Å². The molecule has 0 saturated carbocycles. The van der Waals surface area contributed by atoms with E-state index in [1.54, 1.807) is 0 Å². The van der Waals surface area contributed by atoms with Crippen molar-refractivity contribution in [3.05, 3.63) is 77.9 Å². The third-order valence-corrected chi connectivity index (χ3v) is 6.11. The Hall–Kier alpha value is -3.08. The Balaban J connectivity index is 1.29. The van der Waals surface area contributed by atoms with Crippen LogP contribution in [0.25, 0.3) is 0 Å². The van der Waals surface area contributed by atoms with Gasteiger partial charge in [0.1, 0.15) is 17.3 Å². The second-order valence-corrected chi connectivity index (χ2v) is 7.96. The van der Waals surface area contributed by atoms with Gasteiger partial charge in [0, 0.05) is 31.6 Å². The maximum Gasteiger partial charge on any atom is 0.210 e. The van der Waals surface area contributed by atoms with Gasteiger partial charge in [0.05, 0.1) is 11.7 Å². The first-order valence-electron chi connectivity index (χ1n) is 10.4. The summed E-state index contributed by atoms with van der Waals surface area (Å²) >= 11 is 0. The molecule has 0 N–H and O–H groups in total. The molecule has 1 aromatic heterocycles. The molecule has 2 atom stereocenters. The van der Waals surface area contributed by atoms with Gasteiger partial charge in [-0.2, -0.15) is 0 Å². The summed E-state index contributed by atoms with van der Waals surface area (Å²) in [5, 5.41) is 0. The quantitative estimate of drug-likeness (QED) is 0.596. The first-order valence-corrected chi connectivity index (χ1v) is 10.4. The van der Waals surface area contributed by atoms with Crippen LogP contribution in [-0.2, 0) is 17.8 Å². The lowest BCUT2D eigenvalue weighted by Gasteiger charge is -2.24. The fraction of sp³-hybridized carbons (Fsp3) is 0.333. The van der Waals surface area contributed by atoms with E-state index in [0.29, 0.717) is 5.92 Å². The lowest BCUT2D eigenvalue weighted by atomic mass is 9.91. The molecular formula is C24H25N3O2. The van der Waals surface area contributed by atoms with E-state index in [1.165, 1.54) is 5.56 Å². The zero-order valence-corrected chi connectivity index (χ0v) is 16.4. The van der Waals surface area contributed by atoms with E-state index >= 15 is 0 Å². The molecule has 0 radical (unpaired) electrons. The topological polar surface area (TPSA) is 47.4 Å². The first-order chi connectivity index (χ1) is 14.3. The molecule has 2 unspecified atom stereocenters. The second-order valence-electron chi connectivity index (χ2n) is 7.96. The minimum Gasteiger partial charge on any atom is -0.457 e. The van der Waals surface area contributed by atoms with Gasteiger partial charge in [0.25, 0.3) is 0 Å². The highest BCUT2D eigenvalue weighted by molar-refractivity contribution is 5.49. The first kappa shape index (κ1) is 18.0. The highest BCUT2D eigenvalue weighted by Gasteiger charge is 2.29. The number of aromatic nitrogens is 2. The van der Waals surface area contributed by atoms with Crippen LogP contribution >= 0.6 is 0 Å². The van der Waals surface area contributed by atoms with Crippen LogP contribution in [-0.4, -0.2) is 27.4 Å². The minimum atomic E-state index is 0.151. The van der Waals surface area contributed by atoms with Crippen LogP contribution in [0, 0.1) is 0 Å². The zero-order chi connectivity index (χ0) is 19.6. The summed E-state index contributed by atoms with van der Waals surface area (Å²) in [6.45, 7) is 1.78. The van der Waals surface area contributed by atoms with Crippen molar-refractivity contribution in [3.63, 3.8) is 0 Å². The molecule has 0 bridgehead atoms. The summed E-state index contributed by atoms with van der Waals surface area (Å²) < 4.78 is 8.20. The number of nitrogens with zero attached hydrogens (tertiary/aromatic N) is 3. The number of hydrogen-bond acceptors (Lipinski definition) is 3. The predicted octanol–water partition coefficient (Wildman–Crippen LogP) is 4.70. The van der Waals surface area contributed by atoms with Crippen LogP contribution in [0.1, 0.15) is 48.3 Å². The molecule has 2 aliphatic rings. The van der Waals surface area contributed by atoms with Gasteiger partial charge in [-0.15, -0.1) is 0 Å². The van der Waals surface area contributed by atoms with Crippen LogP contribution in [0.5, 0.6) is 11.5 Å². The van der Waals surface area contributed by atoms with Crippen LogP contribution in [0.4, 0.5) is 0 Å². The number of carbonyl (C=O) groups is 1. The van der Waals surface area contributed by atoms with E-state index in [4.69, 9.17) is 9.72 Å². The molecule has 1 fully saturated rings. The molecule has 2 aromatic carbocycles. The molecule has 2 aliphatic heterocycles. The van der Waals surface area contributed by atoms with Gasteiger partial charge in [-0.05, 0) is 49.1 Å². The number of imidazole rings is 1. The molecule has 0 aliphatic carbocycles. The Morgan fingerprint density at radius 1 is 1.00 bits per heavy atom. The van der Waals surface area contributed by atoms with Crippen molar-refractivity contribution in [2.45, 2.75) is 44.2 Å². The van der Waals surface area contributed by atoms with Gasteiger partial charge in [0.2, 0.25) is 6.41 Å². The number of likely N-dealkylation sites (tertiary alicyclic amines) is 1. The summed E-state index contributed by atoms with van der Waals surface area (Å²) in [5.74, 6) is 3.33. The van der Waals surface area contributed by atoms with Crippen molar-refractivity contribution in [1.82, 2.24) is 14.5 Å². The molecule has 3 aromatic rings. The molecule has 148 valence electrons. The summed E-state index contributed by atoms with van der Waals surface area (Å²) in [6.07, 6.45) is 7.28. The molecule has 3 heterocycles. The number of ether oxygens (including phenoxy) is 1. The monoisotopic (exact) mass is 387 g/mol. The van der Waals surface area contributed by atoms with Crippen LogP contribution < -0.4 is 4.74 Å². The van der Waals surface area contributed by atoms with Gasteiger partial charge in [-0.3, -0.25) is 4.79 Å². The van der Waals surface area contributed by atoms with Crippen molar-refractivity contribution in [3.8, 4) is 11.5 Å². The summed E-state index contributed by atoms with van der Waals surface area (Å²) in [5.41, 5.74) is 2.39. The number of benzene rings is 2. The number of para-hydroxylation sites is 1. The fourth-order valence-electron chi connectivity index (χ4n) is 4.56. The van der Waals surface area contributed by atoms with Crippen molar-refractivity contribution in [2.75, 3.05) is 6.54 Å². The standard InChI is InChI=1S/C24H25N3O2/c28-17-26-14-4-7-23(26)22-16-27-15-19(10-13-24(27)25-22)18-8-11-21(12-9-18)29-20-5-2-1-3-6-20/h1-3,5-6,8-9,11-12,16-17,19,23H,4,7,10,13-15H2. The number of rotatable bonds is 5. The molecule has 5 rings (SSSR count). The number of carbonyl (C=O) groups excluding carboxylic acids is 1. The number of fused-ring (bicyclic) bond motifs is 1. The SMILES string of the molecule is O=CN1CCCC1c1cn2c(n1)CCC(c1ccc(Oc3ccccc3)cc1)C2. The van der Waals surface area contributed by atoms with Crippen LogP contribution in [0.15, 0.2) is 60.8 Å². The predicted molar refractivity (Wildman–Crippen MR) is 111 cm³/mol. The average Bonchev–Trinajstić information content (AvgIpc) is 3.41. The van der Waals surface area contributed by atoms with Gasteiger partial charge in [-0.25, -0.2) is 4.98 Å². The van der Waals surface area contributed by atoms with E-state index in [2.05, 4.69) is 35.0 Å². The van der Waals surface area contributed by atoms with Gasteiger partial charge in [-0.1, -0.05) is 30.3 Å². The van der Waals surface area contributed by atoms with Crippen molar-refractivity contribution in [1.29, 1.82) is 0 Å². The third kappa shape index (κ3) is 3.65. The summed E-state index contributed by atoms with van der Waals surface area (Å²) in [4.78, 5) is 18.0. The summed E-state index contributed by atoms with van der Waals surface area (Å²) in [7, 11) is 0. The number of hydrogen-bond donors (Lipinski definition) is 0. The van der Waals surface area contributed by atoms with Crippen molar-refractivity contribution >= 4 is 6.41 Å². The van der Waals surface area contributed by atoms with Gasteiger partial charge < -0.3 is 14.2 Å². The third-order valence-electron chi connectivity index (χ3n) is 6.11. The maximum absolute atomic E-state index is 11.3. The largest absolute Gasteiger partial charge is 0.457 e. The van der Waals surface area contributed by atoms with Gasteiger partial charge in [0.15, 0.2) is 0 Å². The fourth-order valence-corrected chi connectivity index (χ4v) is 4.56. The smallest absolute Gasteiger partial charge is 0.210 e.